The first kappa shape index (κ1) is 13.0. The summed E-state index contributed by atoms with van der Waals surface area (Å²) in [5.74, 6) is 0.845. The van der Waals surface area contributed by atoms with Crippen LogP contribution in [0.2, 0.25) is 0 Å². The molecule has 1 atom stereocenters. The van der Waals surface area contributed by atoms with Crippen LogP contribution < -0.4 is 10.5 Å². The minimum atomic E-state index is -0.334. The molecule has 1 unspecified atom stereocenters. The van der Waals surface area contributed by atoms with Crippen LogP contribution >= 0.6 is 0 Å². The Bertz CT molecular complexity index is 326. The number of rotatable bonds is 6. The van der Waals surface area contributed by atoms with E-state index in [2.05, 4.69) is 6.07 Å². The zero-order chi connectivity index (χ0) is 12.0. The number of hydrogen-bond acceptors (Lipinski definition) is 3. The van der Waals surface area contributed by atoms with Crippen molar-refractivity contribution in [1.29, 1.82) is 0 Å². The fourth-order valence-corrected chi connectivity index (χ4v) is 1.78. The van der Waals surface area contributed by atoms with Crippen LogP contribution in [0.15, 0.2) is 18.2 Å². The number of aliphatic hydroxyl groups is 1. The molecule has 0 spiro atoms. The van der Waals surface area contributed by atoms with E-state index >= 15 is 0 Å². The van der Waals surface area contributed by atoms with Gasteiger partial charge in [0, 0.05) is 6.42 Å². The van der Waals surface area contributed by atoms with Crippen molar-refractivity contribution in [3.63, 3.8) is 0 Å². The van der Waals surface area contributed by atoms with Gasteiger partial charge < -0.3 is 15.6 Å². The maximum atomic E-state index is 9.83. The summed E-state index contributed by atoms with van der Waals surface area (Å²) < 4.78 is 5.27. The molecular weight excluding hydrogens is 202 g/mol. The molecule has 0 saturated carbocycles. The second-order valence-corrected chi connectivity index (χ2v) is 4.10. The first-order chi connectivity index (χ1) is 7.67. The van der Waals surface area contributed by atoms with Crippen LogP contribution in [0.25, 0.3) is 0 Å². The topological polar surface area (TPSA) is 55.5 Å². The zero-order valence-corrected chi connectivity index (χ0v) is 10.1. The molecule has 0 fully saturated rings. The van der Waals surface area contributed by atoms with Crippen molar-refractivity contribution in [3.8, 4) is 5.75 Å². The Kier molecular flexibility index (Phi) is 5.29. The summed E-state index contributed by atoms with van der Waals surface area (Å²) in [6.45, 7) is 2.66. The fraction of sp³-hybridized carbons (Fsp3) is 0.538. The SMILES string of the molecule is COc1ccc(C)cc1CC(O)CCCN. The Labute approximate surface area is 97.2 Å². The summed E-state index contributed by atoms with van der Waals surface area (Å²) in [6.07, 6.45) is 1.90. The van der Waals surface area contributed by atoms with Crippen molar-refractivity contribution in [3.05, 3.63) is 29.3 Å². The van der Waals surface area contributed by atoms with Crippen LogP contribution in [0, 0.1) is 6.92 Å². The largest absolute Gasteiger partial charge is 0.496 e. The van der Waals surface area contributed by atoms with E-state index in [1.54, 1.807) is 7.11 Å². The van der Waals surface area contributed by atoms with Gasteiger partial charge in [0.1, 0.15) is 5.75 Å². The molecule has 0 radical (unpaired) electrons. The molecule has 0 aromatic heterocycles. The minimum absolute atomic E-state index is 0.334. The Morgan fingerprint density at radius 3 is 2.81 bits per heavy atom. The molecule has 16 heavy (non-hydrogen) atoms. The second-order valence-electron chi connectivity index (χ2n) is 4.10. The average molecular weight is 223 g/mol. The quantitative estimate of drug-likeness (QED) is 0.771. The smallest absolute Gasteiger partial charge is 0.122 e. The van der Waals surface area contributed by atoms with Gasteiger partial charge in [0.05, 0.1) is 13.2 Å². The van der Waals surface area contributed by atoms with E-state index in [0.29, 0.717) is 13.0 Å². The predicted molar refractivity (Wildman–Crippen MR) is 65.7 cm³/mol. The van der Waals surface area contributed by atoms with Crippen molar-refractivity contribution in [1.82, 2.24) is 0 Å². The van der Waals surface area contributed by atoms with Gasteiger partial charge in [0.2, 0.25) is 0 Å². The molecule has 0 aliphatic carbocycles. The number of ether oxygens (including phenoxy) is 1. The highest BCUT2D eigenvalue weighted by Crippen LogP contribution is 2.21. The summed E-state index contributed by atoms with van der Waals surface area (Å²) >= 11 is 0. The maximum Gasteiger partial charge on any atom is 0.122 e. The first-order valence-corrected chi connectivity index (χ1v) is 5.69. The Morgan fingerprint density at radius 2 is 2.19 bits per heavy atom. The first-order valence-electron chi connectivity index (χ1n) is 5.69. The Balaban J connectivity index is 2.67. The third-order valence-electron chi connectivity index (χ3n) is 2.63. The second kappa shape index (κ2) is 6.51. The lowest BCUT2D eigenvalue weighted by Crippen LogP contribution is -2.13. The molecule has 0 saturated heterocycles. The van der Waals surface area contributed by atoms with Crippen LogP contribution in [0.5, 0.6) is 5.75 Å². The van der Waals surface area contributed by atoms with Gasteiger partial charge in [-0.1, -0.05) is 17.7 Å². The molecule has 1 rings (SSSR count). The van der Waals surface area contributed by atoms with E-state index in [1.807, 2.05) is 19.1 Å². The van der Waals surface area contributed by atoms with E-state index in [9.17, 15) is 5.11 Å². The molecule has 1 aromatic carbocycles. The van der Waals surface area contributed by atoms with E-state index in [4.69, 9.17) is 10.5 Å². The van der Waals surface area contributed by atoms with E-state index < -0.39 is 0 Å². The van der Waals surface area contributed by atoms with Gasteiger partial charge in [-0.05, 0) is 37.9 Å². The summed E-state index contributed by atoms with van der Waals surface area (Å²) in [6, 6.07) is 6.01. The molecule has 3 heteroatoms. The van der Waals surface area contributed by atoms with Gasteiger partial charge in [0.15, 0.2) is 0 Å². The maximum absolute atomic E-state index is 9.83. The molecule has 0 aliphatic rings. The molecule has 90 valence electrons. The summed E-state index contributed by atoms with van der Waals surface area (Å²) in [7, 11) is 1.65. The summed E-state index contributed by atoms with van der Waals surface area (Å²) in [4.78, 5) is 0. The van der Waals surface area contributed by atoms with Gasteiger partial charge in [-0.2, -0.15) is 0 Å². The van der Waals surface area contributed by atoms with Crippen molar-refractivity contribution >= 4 is 0 Å². The third-order valence-corrected chi connectivity index (χ3v) is 2.63. The zero-order valence-electron chi connectivity index (χ0n) is 10.1. The minimum Gasteiger partial charge on any atom is -0.496 e. The monoisotopic (exact) mass is 223 g/mol. The molecule has 0 amide bonds. The lowest BCUT2D eigenvalue weighted by molar-refractivity contribution is 0.162. The van der Waals surface area contributed by atoms with E-state index in [-0.39, 0.29) is 6.10 Å². The van der Waals surface area contributed by atoms with Crippen LogP contribution in [-0.4, -0.2) is 24.9 Å². The third kappa shape index (κ3) is 3.83. The van der Waals surface area contributed by atoms with Gasteiger partial charge in [0.25, 0.3) is 0 Å². The van der Waals surface area contributed by atoms with Gasteiger partial charge in [-0.3, -0.25) is 0 Å². The van der Waals surface area contributed by atoms with Crippen LogP contribution in [0.1, 0.15) is 24.0 Å². The highest BCUT2D eigenvalue weighted by molar-refractivity contribution is 5.37. The van der Waals surface area contributed by atoms with E-state index in [1.165, 1.54) is 5.56 Å². The van der Waals surface area contributed by atoms with Gasteiger partial charge >= 0.3 is 0 Å². The molecule has 3 nitrogen and oxygen atoms in total. The number of aliphatic hydroxyl groups excluding tert-OH is 1. The van der Waals surface area contributed by atoms with Crippen molar-refractivity contribution in [2.45, 2.75) is 32.3 Å². The Hall–Kier alpha value is -1.06. The molecule has 0 bridgehead atoms. The Morgan fingerprint density at radius 1 is 1.44 bits per heavy atom. The lowest BCUT2D eigenvalue weighted by Gasteiger charge is -2.13. The van der Waals surface area contributed by atoms with Gasteiger partial charge in [-0.15, -0.1) is 0 Å². The van der Waals surface area contributed by atoms with Gasteiger partial charge in [-0.25, -0.2) is 0 Å². The highest BCUT2D eigenvalue weighted by Gasteiger charge is 2.09. The van der Waals surface area contributed by atoms with Crippen LogP contribution in [0.3, 0.4) is 0 Å². The molecular formula is C13H21NO2. The number of benzene rings is 1. The molecule has 0 heterocycles. The number of aryl methyl sites for hydroxylation is 1. The van der Waals surface area contributed by atoms with Crippen molar-refractivity contribution < 1.29 is 9.84 Å². The molecule has 1 aromatic rings. The fourth-order valence-electron chi connectivity index (χ4n) is 1.78. The van der Waals surface area contributed by atoms with Crippen LogP contribution in [-0.2, 0) is 6.42 Å². The van der Waals surface area contributed by atoms with Crippen molar-refractivity contribution in [2.75, 3.05) is 13.7 Å². The van der Waals surface area contributed by atoms with E-state index in [0.717, 1.165) is 24.2 Å². The summed E-state index contributed by atoms with van der Waals surface area (Å²) in [5, 5.41) is 9.83. The average Bonchev–Trinajstić information content (AvgIpc) is 2.27. The predicted octanol–water partition coefficient (Wildman–Crippen LogP) is 1.65. The molecule has 0 aliphatic heterocycles. The van der Waals surface area contributed by atoms with Crippen LogP contribution in [0.4, 0.5) is 0 Å². The van der Waals surface area contributed by atoms with Crippen molar-refractivity contribution in [2.24, 2.45) is 5.73 Å². The number of methoxy groups -OCH3 is 1. The normalized spacial score (nSPS) is 12.5. The standard InChI is InChI=1S/C13H21NO2/c1-10-5-6-13(16-2)11(8-10)9-12(15)4-3-7-14/h5-6,8,12,15H,3-4,7,9,14H2,1-2H3. The highest BCUT2D eigenvalue weighted by atomic mass is 16.5. The number of nitrogens with two attached hydrogens (primary N) is 1. The molecule has 3 N–H and O–H groups in total. The summed E-state index contributed by atoms with van der Waals surface area (Å²) in [5.41, 5.74) is 7.66. The lowest BCUT2D eigenvalue weighted by atomic mass is 10.0. The number of hydrogen-bond donors (Lipinski definition) is 2.